The van der Waals surface area contributed by atoms with Crippen LogP contribution < -0.4 is 4.74 Å². The number of hydrogen-bond acceptors (Lipinski definition) is 2. The van der Waals surface area contributed by atoms with Crippen LogP contribution in [0.25, 0.3) is 0 Å². The second kappa shape index (κ2) is 5.60. The first-order valence-corrected chi connectivity index (χ1v) is 4.71. The van der Waals surface area contributed by atoms with Crippen molar-refractivity contribution in [1.82, 2.24) is 0 Å². The maximum absolute atomic E-state index is 13.0. The van der Waals surface area contributed by atoms with Gasteiger partial charge in [0.05, 0.1) is 7.11 Å². The Labute approximate surface area is 83.3 Å². The van der Waals surface area contributed by atoms with E-state index in [-0.39, 0.29) is 18.2 Å². The molecule has 0 spiro atoms. The van der Waals surface area contributed by atoms with Crippen LogP contribution in [0.1, 0.15) is 18.4 Å². The van der Waals surface area contributed by atoms with Gasteiger partial charge in [-0.1, -0.05) is 6.07 Å². The van der Waals surface area contributed by atoms with Crippen molar-refractivity contribution < 1.29 is 14.2 Å². The molecule has 0 radical (unpaired) electrons. The highest BCUT2D eigenvalue weighted by Crippen LogP contribution is 2.19. The molecule has 1 aromatic rings. The van der Waals surface area contributed by atoms with Gasteiger partial charge in [-0.2, -0.15) is 0 Å². The Balaban J connectivity index is 2.60. The minimum atomic E-state index is -0.335. The molecule has 0 fully saturated rings. The van der Waals surface area contributed by atoms with Crippen molar-refractivity contribution in [3.63, 3.8) is 0 Å². The summed E-state index contributed by atoms with van der Waals surface area (Å²) in [6, 6.07) is 4.86. The maximum atomic E-state index is 13.0. The third-order valence-corrected chi connectivity index (χ3v) is 2.09. The van der Waals surface area contributed by atoms with Crippen LogP contribution in [0.4, 0.5) is 4.39 Å². The monoisotopic (exact) mass is 198 g/mol. The summed E-state index contributed by atoms with van der Waals surface area (Å²) in [5, 5.41) is 8.60. The van der Waals surface area contributed by atoms with Gasteiger partial charge in [-0.25, -0.2) is 4.39 Å². The van der Waals surface area contributed by atoms with Crippen molar-refractivity contribution in [3.05, 3.63) is 29.6 Å². The SMILES string of the molecule is COc1cc(CCCCO)ccc1F. The summed E-state index contributed by atoms with van der Waals surface area (Å²) in [6.45, 7) is 0.207. The second-order valence-electron chi connectivity index (χ2n) is 3.15. The Bertz CT molecular complexity index is 287. The number of unbranched alkanes of at least 4 members (excludes halogenated alkanes) is 1. The largest absolute Gasteiger partial charge is 0.494 e. The van der Waals surface area contributed by atoms with Gasteiger partial charge in [-0.3, -0.25) is 0 Å². The lowest BCUT2D eigenvalue weighted by atomic mass is 10.1. The van der Waals surface area contributed by atoms with Crippen LogP contribution in [-0.2, 0) is 6.42 Å². The van der Waals surface area contributed by atoms with E-state index >= 15 is 0 Å². The molecule has 0 atom stereocenters. The molecule has 0 aliphatic heterocycles. The molecule has 1 aromatic carbocycles. The molecule has 0 unspecified atom stereocenters. The fraction of sp³-hybridized carbons (Fsp3) is 0.455. The van der Waals surface area contributed by atoms with Crippen LogP contribution in [0.2, 0.25) is 0 Å². The quantitative estimate of drug-likeness (QED) is 0.734. The molecule has 0 amide bonds. The van der Waals surface area contributed by atoms with Crippen LogP contribution in [0.3, 0.4) is 0 Å². The zero-order valence-electron chi connectivity index (χ0n) is 8.29. The van der Waals surface area contributed by atoms with Crippen LogP contribution in [-0.4, -0.2) is 18.8 Å². The zero-order chi connectivity index (χ0) is 10.4. The Morgan fingerprint density at radius 1 is 1.36 bits per heavy atom. The third kappa shape index (κ3) is 3.00. The van der Waals surface area contributed by atoms with Gasteiger partial charge in [0.1, 0.15) is 0 Å². The van der Waals surface area contributed by atoms with E-state index in [9.17, 15) is 4.39 Å². The molecule has 0 heterocycles. The number of benzene rings is 1. The van der Waals surface area contributed by atoms with E-state index in [1.54, 1.807) is 12.1 Å². The molecule has 0 saturated carbocycles. The van der Waals surface area contributed by atoms with E-state index in [0.717, 1.165) is 24.8 Å². The van der Waals surface area contributed by atoms with Gasteiger partial charge in [0.2, 0.25) is 0 Å². The number of aryl methyl sites for hydroxylation is 1. The van der Waals surface area contributed by atoms with Crippen LogP contribution >= 0.6 is 0 Å². The van der Waals surface area contributed by atoms with Gasteiger partial charge in [0, 0.05) is 6.61 Å². The lowest BCUT2D eigenvalue weighted by Crippen LogP contribution is -1.92. The first kappa shape index (κ1) is 11.0. The van der Waals surface area contributed by atoms with Crippen molar-refractivity contribution in [1.29, 1.82) is 0 Å². The minimum absolute atomic E-state index is 0.207. The highest BCUT2D eigenvalue weighted by molar-refractivity contribution is 5.30. The molecular weight excluding hydrogens is 183 g/mol. The Morgan fingerprint density at radius 3 is 2.79 bits per heavy atom. The number of ether oxygens (including phenoxy) is 1. The normalized spacial score (nSPS) is 10.2. The molecule has 0 aliphatic rings. The summed E-state index contributed by atoms with van der Waals surface area (Å²) in [7, 11) is 1.45. The summed E-state index contributed by atoms with van der Waals surface area (Å²) in [5.74, 6) is -0.0510. The highest BCUT2D eigenvalue weighted by Gasteiger charge is 2.02. The standard InChI is InChI=1S/C11H15FO2/c1-14-11-8-9(4-2-3-7-13)5-6-10(11)12/h5-6,8,13H,2-4,7H2,1H3. The summed E-state index contributed by atoms with van der Waals surface area (Å²) in [6.07, 6.45) is 2.53. The summed E-state index contributed by atoms with van der Waals surface area (Å²) >= 11 is 0. The van der Waals surface area contributed by atoms with Gasteiger partial charge in [-0.15, -0.1) is 0 Å². The summed E-state index contributed by atoms with van der Waals surface area (Å²) < 4.78 is 17.9. The van der Waals surface area contributed by atoms with Gasteiger partial charge < -0.3 is 9.84 Å². The van der Waals surface area contributed by atoms with E-state index in [2.05, 4.69) is 0 Å². The van der Waals surface area contributed by atoms with Gasteiger partial charge in [0.15, 0.2) is 11.6 Å². The molecule has 3 heteroatoms. The first-order chi connectivity index (χ1) is 6.77. The van der Waals surface area contributed by atoms with Gasteiger partial charge in [0.25, 0.3) is 0 Å². The van der Waals surface area contributed by atoms with E-state index in [1.165, 1.54) is 13.2 Å². The first-order valence-electron chi connectivity index (χ1n) is 4.71. The van der Waals surface area contributed by atoms with Crippen molar-refractivity contribution in [2.75, 3.05) is 13.7 Å². The Kier molecular flexibility index (Phi) is 4.40. The van der Waals surface area contributed by atoms with Crippen molar-refractivity contribution in [3.8, 4) is 5.75 Å². The van der Waals surface area contributed by atoms with E-state index < -0.39 is 0 Å². The highest BCUT2D eigenvalue weighted by atomic mass is 19.1. The fourth-order valence-corrected chi connectivity index (χ4v) is 1.30. The molecule has 0 saturated heterocycles. The third-order valence-electron chi connectivity index (χ3n) is 2.09. The average molecular weight is 198 g/mol. The maximum Gasteiger partial charge on any atom is 0.165 e. The number of rotatable bonds is 5. The summed E-state index contributed by atoms with van der Waals surface area (Å²) in [5.41, 5.74) is 1.04. The predicted octanol–water partition coefficient (Wildman–Crippen LogP) is 2.15. The van der Waals surface area contributed by atoms with Crippen molar-refractivity contribution in [2.24, 2.45) is 0 Å². The Hall–Kier alpha value is -1.09. The topological polar surface area (TPSA) is 29.5 Å². The van der Waals surface area contributed by atoms with Crippen LogP contribution in [0, 0.1) is 5.82 Å². The molecule has 0 aliphatic carbocycles. The summed E-state index contributed by atoms with van der Waals surface area (Å²) in [4.78, 5) is 0. The molecule has 0 bridgehead atoms. The van der Waals surface area contributed by atoms with E-state index in [1.807, 2.05) is 0 Å². The molecule has 78 valence electrons. The molecule has 1 rings (SSSR count). The van der Waals surface area contributed by atoms with Crippen LogP contribution in [0.5, 0.6) is 5.75 Å². The number of methoxy groups -OCH3 is 1. The number of aliphatic hydroxyl groups excluding tert-OH is 1. The van der Waals surface area contributed by atoms with Crippen LogP contribution in [0.15, 0.2) is 18.2 Å². The number of hydrogen-bond donors (Lipinski definition) is 1. The number of halogens is 1. The molecule has 14 heavy (non-hydrogen) atoms. The lowest BCUT2D eigenvalue weighted by molar-refractivity contribution is 0.284. The zero-order valence-corrected chi connectivity index (χ0v) is 8.29. The fourth-order valence-electron chi connectivity index (χ4n) is 1.30. The molecular formula is C11H15FO2. The average Bonchev–Trinajstić information content (AvgIpc) is 2.21. The van der Waals surface area contributed by atoms with E-state index in [0.29, 0.717) is 0 Å². The minimum Gasteiger partial charge on any atom is -0.494 e. The van der Waals surface area contributed by atoms with Gasteiger partial charge >= 0.3 is 0 Å². The second-order valence-corrected chi connectivity index (χ2v) is 3.15. The Morgan fingerprint density at radius 2 is 2.14 bits per heavy atom. The van der Waals surface area contributed by atoms with Gasteiger partial charge in [-0.05, 0) is 37.0 Å². The lowest BCUT2D eigenvalue weighted by Gasteiger charge is -2.05. The molecule has 1 N–H and O–H groups in total. The smallest absolute Gasteiger partial charge is 0.165 e. The van der Waals surface area contributed by atoms with E-state index in [4.69, 9.17) is 9.84 Å². The van der Waals surface area contributed by atoms with Crippen molar-refractivity contribution in [2.45, 2.75) is 19.3 Å². The number of aliphatic hydroxyl groups is 1. The van der Waals surface area contributed by atoms with Crippen molar-refractivity contribution >= 4 is 0 Å². The predicted molar refractivity (Wildman–Crippen MR) is 53.0 cm³/mol. The molecule has 2 nitrogen and oxygen atoms in total. The molecule has 0 aromatic heterocycles.